The maximum atomic E-state index is 13.9. The number of hydrogen-bond acceptors (Lipinski definition) is 7. The molecule has 238 valence electrons. The van der Waals surface area contributed by atoms with Gasteiger partial charge >= 0.3 is 0 Å². The van der Waals surface area contributed by atoms with Gasteiger partial charge in [-0.1, -0.05) is 27.7 Å². The van der Waals surface area contributed by atoms with Crippen molar-refractivity contribution in [3.8, 4) is 0 Å². The number of allylic oxidation sites excluding steroid dienone is 1. The van der Waals surface area contributed by atoms with Gasteiger partial charge in [0.1, 0.15) is 0 Å². The van der Waals surface area contributed by atoms with Gasteiger partial charge in [-0.2, -0.15) is 0 Å². The zero-order chi connectivity index (χ0) is 30.7. The molecule has 0 bridgehead atoms. The third kappa shape index (κ3) is 4.38. The van der Waals surface area contributed by atoms with E-state index >= 15 is 0 Å². The Kier molecular flexibility index (Phi) is 7.12. The second kappa shape index (κ2) is 9.59. The SMILES string of the molecule is CC[C@]1(C)O[C@H]2C[C@]3(C)[C@@H]4CC[C@]5(C)[C@H]([C@@]6(C)O[C@](C)(CC)O[C@@H]6CCC(C)(C)O)CC[C@@]5(O)C4=CC(=O)[C@@H]3C[C@H]2O1. The highest BCUT2D eigenvalue weighted by Crippen LogP contribution is 2.70. The molecule has 4 aliphatic carbocycles. The van der Waals surface area contributed by atoms with E-state index in [9.17, 15) is 15.0 Å². The van der Waals surface area contributed by atoms with Gasteiger partial charge in [-0.05, 0) is 128 Å². The van der Waals surface area contributed by atoms with E-state index in [0.29, 0.717) is 25.7 Å². The van der Waals surface area contributed by atoms with Gasteiger partial charge in [0.15, 0.2) is 17.4 Å². The molecule has 42 heavy (non-hydrogen) atoms. The first-order valence-electron chi connectivity index (χ1n) is 16.8. The predicted molar refractivity (Wildman–Crippen MR) is 159 cm³/mol. The smallest absolute Gasteiger partial charge is 0.166 e. The van der Waals surface area contributed by atoms with Crippen LogP contribution in [0.2, 0.25) is 0 Å². The first-order chi connectivity index (χ1) is 19.4. The van der Waals surface area contributed by atoms with Crippen molar-refractivity contribution in [3.05, 3.63) is 11.6 Å². The molecule has 0 amide bonds. The van der Waals surface area contributed by atoms with Crippen LogP contribution in [0.15, 0.2) is 11.6 Å². The van der Waals surface area contributed by atoms with Gasteiger partial charge in [-0.25, -0.2) is 0 Å². The monoisotopic (exact) mass is 588 g/mol. The zero-order valence-corrected chi connectivity index (χ0v) is 27.5. The zero-order valence-electron chi connectivity index (χ0n) is 27.5. The third-order valence-electron chi connectivity index (χ3n) is 13.3. The summed E-state index contributed by atoms with van der Waals surface area (Å²) in [5.74, 6) is -1.08. The Morgan fingerprint density at radius 3 is 2.24 bits per heavy atom. The van der Waals surface area contributed by atoms with Crippen LogP contribution in [0.1, 0.15) is 127 Å². The Morgan fingerprint density at radius 1 is 0.929 bits per heavy atom. The summed E-state index contributed by atoms with van der Waals surface area (Å²) in [5, 5.41) is 23.4. The van der Waals surface area contributed by atoms with Crippen molar-refractivity contribution in [3.63, 3.8) is 0 Å². The Balaban J connectivity index is 1.33. The van der Waals surface area contributed by atoms with Crippen LogP contribution in [0, 0.1) is 28.6 Å². The number of fused-ring (bicyclic) bond motifs is 6. The largest absolute Gasteiger partial charge is 0.390 e. The number of rotatable bonds is 6. The molecule has 0 spiro atoms. The van der Waals surface area contributed by atoms with Crippen molar-refractivity contribution in [1.29, 1.82) is 0 Å². The minimum absolute atomic E-state index is 0.0196. The van der Waals surface area contributed by atoms with E-state index in [0.717, 1.165) is 44.1 Å². The van der Waals surface area contributed by atoms with Crippen LogP contribution in [0.5, 0.6) is 0 Å². The molecule has 2 N–H and O–H groups in total. The molecule has 12 atom stereocenters. The van der Waals surface area contributed by atoms with Crippen LogP contribution in [0.3, 0.4) is 0 Å². The summed E-state index contributed by atoms with van der Waals surface area (Å²) in [6, 6.07) is 0. The number of ketones is 1. The van der Waals surface area contributed by atoms with E-state index in [1.165, 1.54) is 0 Å². The highest BCUT2D eigenvalue weighted by atomic mass is 16.8. The van der Waals surface area contributed by atoms with Crippen LogP contribution < -0.4 is 0 Å². The molecule has 7 nitrogen and oxygen atoms in total. The lowest BCUT2D eigenvalue weighted by Gasteiger charge is -2.60. The molecule has 6 aliphatic rings. The van der Waals surface area contributed by atoms with E-state index in [2.05, 4.69) is 34.6 Å². The highest BCUT2D eigenvalue weighted by Gasteiger charge is 2.72. The molecule has 7 heteroatoms. The lowest BCUT2D eigenvalue weighted by atomic mass is 9.45. The Labute approximate surface area is 253 Å². The second-order valence-electron chi connectivity index (χ2n) is 16.5. The normalized spacial score (nSPS) is 53.8. The number of ether oxygens (including phenoxy) is 4. The van der Waals surface area contributed by atoms with Crippen molar-refractivity contribution >= 4 is 5.78 Å². The lowest BCUT2D eigenvalue weighted by molar-refractivity contribution is -0.200. The summed E-state index contributed by atoms with van der Waals surface area (Å²) in [4.78, 5) is 13.9. The van der Waals surface area contributed by atoms with Crippen LogP contribution in [-0.2, 0) is 23.7 Å². The number of carbonyl (C=O) groups is 1. The minimum Gasteiger partial charge on any atom is -0.390 e. The molecule has 2 aliphatic heterocycles. The second-order valence-corrected chi connectivity index (χ2v) is 16.5. The van der Waals surface area contributed by atoms with Crippen molar-refractivity contribution in [2.45, 2.75) is 173 Å². The molecule has 0 aromatic rings. The fourth-order valence-corrected chi connectivity index (χ4v) is 10.6. The van der Waals surface area contributed by atoms with Crippen molar-refractivity contribution in [1.82, 2.24) is 0 Å². The first-order valence-corrected chi connectivity index (χ1v) is 16.8. The van der Waals surface area contributed by atoms with Gasteiger partial charge in [0.25, 0.3) is 0 Å². The van der Waals surface area contributed by atoms with E-state index in [1.807, 2.05) is 33.8 Å². The predicted octanol–water partition coefficient (Wildman–Crippen LogP) is 6.23. The maximum Gasteiger partial charge on any atom is 0.166 e. The van der Waals surface area contributed by atoms with Gasteiger partial charge in [-0.3, -0.25) is 4.79 Å². The summed E-state index contributed by atoms with van der Waals surface area (Å²) in [5.41, 5.74) is -2.28. The summed E-state index contributed by atoms with van der Waals surface area (Å²) < 4.78 is 26.4. The van der Waals surface area contributed by atoms with Crippen LogP contribution in [-0.4, -0.2) is 62.7 Å². The molecule has 6 rings (SSSR count). The Bertz CT molecular complexity index is 1140. The van der Waals surface area contributed by atoms with Crippen LogP contribution >= 0.6 is 0 Å². The lowest BCUT2D eigenvalue weighted by Crippen LogP contribution is -2.62. The molecule has 0 radical (unpaired) electrons. The maximum absolute atomic E-state index is 13.9. The molecule has 2 heterocycles. The van der Waals surface area contributed by atoms with Gasteiger partial charge in [0.05, 0.1) is 35.1 Å². The van der Waals surface area contributed by atoms with Gasteiger partial charge in [-0.15, -0.1) is 0 Å². The average molecular weight is 589 g/mol. The quantitative estimate of drug-likeness (QED) is 0.380. The number of carbonyl (C=O) groups excluding carboxylic acids is 1. The van der Waals surface area contributed by atoms with E-state index in [4.69, 9.17) is 18.9 Å². The van der Waals surface area contributed by atoms with Crippen LogP contribution in [0.25, 0.3) is 0 Å². The van der Waals surface area contributed by atoms with Gasteiger partial charge < -0.3 is 29.2 Å². The van der Waals surface area contributed by atoms with Crippen LogP contribution in [0.4, 0.5) is 0 Å². The van der Waals surface area contributed by atoms with Gasteiger partial charge in [0, 0.05) is 11.3 Å². The average Bonchev–Trinajstić information content (AvgIpc) is 3.47. The first kappa shape index (κ1) is 31.2. The molecule has 0 unspecified atom stereocenters. The molecular weight excluding hydrogens is 532 g/mol. The van der Waals surface area contributed by atoms with Gasteiger partial charge in [0.2, 0.25) is 0 Å². The van der Waals surface area contributed by atoms with E-state index in [-0.39, 0.29) is 47.3 Å². The topological polar surface area (TPSA) is 94.5 Å². The third-order valence-corrected chi connectivity index (χ3v) is 13.3. The minimum atomic E-state index is -1.08. The molecule has 3 saturated carbocycles. The van der Waals surface area contributed by atoms with E-state index < -0.39 is 33.8 Å². The van der Waals surface area contributed by atoms with Crippen molar-refractivity contribution < 1.29 is 34.0 Å². The summed E-state index contributed by atoms with van der Waals surface area (Å²) in [6.45, 7) is 18.6. The fraction of sp³-hybridized carbons (Fsp3) is 0.914. The number of aliphatic hydroxyl groups is 2. The molecular formula is C35H56O7. The Morgan fingerprint density at radius 2 is 1.60 bits per heavy atom. The fourth-order valence-electron chi connectivity index (χ4n) is 10.6. The van der Waals surface area contributed by atoms with Crippen molar-refractivity contribution in [2.24, 2.45) is 28.6 Å². The summed E-state index contributed by atoms with van der Waals surface area (Å²) in [6.07, 6.45) is 9.08. The standard InChI is InChI=1S/C35H56O7/c1-10-32(7)39-25-19-23-24(36)18-22-21(30(23,5)20-26(25)40-32)12-16-31(6)27(13-17-35(22,31)38)34(9)28(14-15-29(3,4)37)41-33(8,11-2)42-34/h18,21,23,25-28,37-38H,10-17,19-20H2,1-9H3/t21-,23+,25-,26+,27-,28-,30-,31-,32+,33-,34-,35-/m1/s1. The molecule has 0 aromatic heterocycles. The van der Waals surface area contributed by atoms with Crippen molar-refractivity contribution in [2.75, 3.05) is 0 Å². The molecule has 5 fully saturated rings. The number of hydrogen-bond donors (Lipinski definition) is 2. The Hall–Kier alpha value is -0.830. The van der Waals surface area contributed by atoms with E-state index in [1.54, 1.807) is 0 Å². The summed E-state index contributed by atoms with van der Waals surface area (Å²) in [7, 11) is 0. The molecule has 2 saturated heterocycles. The highest BCUT2D eigenvalue weighted by molar-refractivity contribution is 5.95. The molecule has 0 aromatic carbocycles. The summed E-state index contributed by atoms with van der Waals surface area (Å²) >= 11 is 0.